The molecule has 1 N–H and O–H groups in total. The summed E-state index contributed by atoms with van der Waals surface area (Å²) in [6, 6.07) is 17.3. The monoisotopic (exact) mass is 691 g/mol. The fourth-order valence-electron chi connectivity index (χ4n) is 6.87. The molecule has 0 bridgehead atoms. The number of nitrogens with zero attached hydrogens (tertiary/aromatic N) is 2. The van der Waals surface area contributed by atoms with E-state index >= 15 is 0 Å². The lowest BCUT2D eigenvalue weighted by Gasteiger charge is -2.39. The van der Waals surface area contributed by atoms with Gasteiger partial charge in [0.25, 0.3) is 0 Å². The normalized spacial score (nSPS) is 19.3. The van der Waals surface area contributed by atoms with Crippen LogP contribution in [0.25, 0.3) is 0 Å². The van der Waals surface area contributed by atoms with Crippen molar-refractivity contribution in [1.82, 2.24) is 5.32 Å². The number of amides is 2. The molecule has 0 unspecified atom stereocenters. The third kappa shape index (κ3) is 8.74. The van der Waals surface area contributed by atoms with E-state index in [2.05, 4.69) is 23.3 Å². The zero-order chi connectivity index (χ0) is 35.5. The van der Waals surface area contributed by atoms with E-state index in [1.807, 2.05) is 88.0 Å². The molecule has 1 atom stereocenters. The number of ether oxygens (including phenoxy) is 4. The number of halogens is 1. The zero-order valence-corrected chi connectivity index (χ0v) is 30.7. The Balaban J connectivity index is 1.39. The number of carbonyl (C=O) groups excluding carboxylic acids is 2. The molecule has 3 aromatic rings. The molecule has 0 spiro atoms. The number of rotatable bonds is 10. The smallest absolute Gasteiger partial charge is 0.407 e. The van der Waals surface area contributed by atoms with Gasteiger partial charge in [-0.1, -0.05) is 23.7 Å². The van der Waals surface area contributed by atoms with Crippen molar-refractivity contribution in [2.24, 2.45) is 5.92 Å². The largest absolute Gasteiger partial charge is 0.494 e. The van der Waals surface area contributed by atoms with E-state index < -0.39 is 11.6 Å². The number of hydrogen-bond donors (Lipinski definition) is 1. The van der Waals surface area contributed by atoms with Gasteiger partial charge in [-0.15, -0.1) is 0 Å². The van der Waals surface area contributed by atoms with Crippen LogP contribution < -0.4 is 29.3 Å². The number of anilines is 2. The van der Waals surface area contributed by atoms with E-state index in [0.29, 0.717) is 33.9 Å². The summed E-state index contributed by atoms with van der Waals surface area (Å²) in [5.74, 6) is 2.27. The fraction of sp³-hybridized carbons (Fsp3) is 0.487. The predicted molar refractivity (Wildman–Crippen MR) is 195 cm³/mol. The molecule has 1 aliphatic carbocycles. The maximum Gasteiger partial charge on any atom is 0.407 e. The van der Waals surface area contributed by atoms with E-state index in [1.54, 1.807) is 14.2 Å². The molecule has 264 valence electrons. The highest BCUT2D eigenvalue weighted by Crippen LogP contribution is 2.46. The van der Waals surface area contributed by atoms with Crippen molar-refractivity contribution in [2.45, 2.75) is 90.5 Å². The van der Waals surface area contributed by atoms with Gasteiger partial charge in [0, 0.05) is 36.4 Å². The maximum absolute atomic E-state index is 14.1. The number of nitrogens with one attached hydrogen (secondary N) is 1. The molecule has 9 nitrogen and oxygen atoms in total. The average molecular weight is 692 g/mol. The van der Waals surface area contributed by atoms with Crippen LogP contribution in [-0.4, -0.2) is 57.6 Å². The number of methoxy groups -OCH3 is 2. The lowest BCUT2D eigenvalue weighted by Crippen LogP contribution is -2.42. The molecule has 0 saturated heterocycles. The van der Waals surface area contributed by atoms with Crippen LogP contribution >= 0.6 is 11.6 Å². The first kappa shape index (κ1) is 36.2. The van der Waals surface area contributed by atoms with Crippen molar-refractivity contribution in [1.29, 1.82) is 0 Å². The molecule has 5 rings (SSSR count). The van der Waals surface area contributed by atoms with Crippen LogP contribution in [0.1, 0.15) is 83.0 Å². The van der Waals surface area contributed by atoms with E-state index in [-0.39, 0.29) is 30.6 Å². The van der Waals surface area contributed by atoms with Gasteiger partial charge in [-0.2, -0.15) is 0 Å². The Morgan fingerprint density at radius 1 is 0.959 bits per heavy atom. The molecule has 49 heavy (non-hydrogen) atoms. The van der Waals surface area contributed by atoms with Crippen LogP contribution in [-0.2, 0) is 16.0 Å². The minimum atomic E-state index is -0.511. The third-order valence-corrected chi connectivity index (χ3v) is 9.35. The Bertz CT molecular complexity index is 1630. The predicted octanol–water partition coefficient (Wildman–Crippen LogP) is 8.34. The topological polar surface area (TPSA) is 89.6 Å². The van der Waals surface area contributed by atoms with Gasteiger partial charge >= 0.3 is 6.09 Å². The molecular weight excluding hydrogens is 642 g/mol. The van der Waals surface area contributed by atoms with Crippen molar-refractivity contribution < 1.29 is 28.5 Å². The molecule has 10 heteroatoms. The van der Waals surface area contributed by atoms with Crippen LogP contribution in [0.3, 0.4) is 0 Å². The molecule has 1 fully saturated rings. The van der Waals surface area contributed by atoms with E-state index in [9.17, 15) is 9.59 Å². The van der Waals surface area contributed by atoms with Crippen molar-refractivity contribution in [3.63, 3.8) is 0 Å². The van der Waals surface area contributed by atoms with Gasteiger partial charge in [-0.05, 0) is 119 Å². The molecule has 1 aliphatic heterocycles. The molecule has 2 amide bonds. The van der Waals surface area contributed by atoms with Gasteiger partial charge in [0.05, 0.1) is 38.5 Å². The molecule has 1 heterocycles. The summed E-state index contributed by atoms with van der Waals surface area (Å²) in [5, 5.41) is 3.65. The second kappa shape index (κ2) is 15.2. The van der Waals surface area contributed by atoms with Crippen molar-refractivity contribution in [3.05, 3.63) is 76.3 Å². The van der Waals surface area contributed by atoms with Crippen LogP contribution in [0.15, 0.2) is 54.6 Å². The lowest BCUT2D eigenvalue weighted by atomic mass is 9.85. The minimum absolute atomic E-state index is 0.0526. The third-order valence-electron chi connectivity index (χ3n) is 9.10. The molecule has 0 aromatic heterocycles. The summed E-state index contributed by atoms with van der Waals surface area (Å²) in [6.45, 7) is 10.4. The van der Waals surface area contributed by atoms with E-state index in [0.717, 1.165) is 54.6 Å². The molecule has 1 saturated carbocycles. The highest BCUT2D eigenvalue weighted by Gasteiger charge is 2.37. The van der Waals surface area contributed by atoms with E-state index in [4.69, 9.17) is 30.5 Å². The second-order valence-corrected chi connectivity index (χ2v) is 14.8. The first-order valence-corrected chi connectivity index (χ1v) is 17.5. The van der Waals surface area contributed by atoms with Crippen molar-refractivity contribution in [2.75, 3.05) is 37.6 Å². The molecular formula is C39H50ClN3O6. The summed E-state index contributed by atoms with van der Waals surface area (Å²) in [4.78, 5) is 30.4. The fourth-order valence-corrected chi connectivity index (χ4v) is 6.99. The Labute approximate surface area is 295 Å². The van der Waals surface area contributed by atoms with Gasteiger partial charge < -0.3 is 29.2 Å². The second-order valence-electron chi connectivity index (χ2n) is 14.4. The van der Waals surface area contributed by atoms with Gasteiger partial charge in [-0.3, -0.25) is 9.69 Å². The summed E-state index contributed by atoms with van der Waals surface area (Å²) in [6.07, 6.45) is 3.65. The quantitative estimate of drug-likeness (QED) is 0.229. The van der Waals surface area contributed by atoms with Crippen molar-refractivity contribution in [3.8, 4) is 17.2 Å². The first-order chi connectivity index (χ1) is 23.3. The Kier molecular flexibility index (Phi) is 11.2. The number of fused-ring (bicyclic) bond motifs is 1. The molecule has 3 aromatic carbocycles. The van der Waals surface area contributed by atoms with Crippen LogP contribution in [0.4, 0.5) is 16.2 Å². The highest BCUT2D eigenvalue weighted by molar-refractivity contribution is 6.30. The van der Waals surface area contributed by atoms with Crippen molar-refractivity contribution >= 4 is 35.0 Å². The number of alkyl carbamates (subject to hydrolysis) is 1. The van der Waals surface area contributed by atoms with Gasteiger partial charge in [0.15, 0.2) is 11.5 Å². The molecule has 2 aliphatic rings. The minimum Gasteiger partial charge on any atom is -0.494 e. The maximum atomic E-state index is 14.1. The molecule has 0 radical (unpaired) electrons. The van der Waals surface area contributed by atoms with Crippen LogP contribution in [0, 0.1) is 5.92 Å². The standard InChI is InChI=1S/C39H50ClN3O6/c1-24(2)48-35-22-31-27(19-34(35)47-8)20-36(44)43(37(31)26-11-13-28(40)14-12-26)32-18-17-30(21-33(32)46-7)42(6)23-25-9-15-29(16-10-25)41-38(45)49-39(3,4)5/h11-14,17-19,21-22,24-25,29,37H,9-10,15-16,20,23H2,1-8H3,(H,41,45)/t25-,29-,37-/m0/s1. The van der Waals surface area contributed by atoms with Gasteiger partial charge in [0.1, 0.15) is 11.4 Å². The summed E-state index contributed by atoms with van der Waals surface area (Å²) >= 11 is 6.30. The number of benzene rings is 3. The van der Waals surface area contributed by atoms with Gasteiger partial charge in [0.2, 0.25) is 5.91 Å². The average Bonchev–Trinajstić information content (AvgIpc) is 3.04. The zero-order valence-electron chi connectivity index (χ0n) is 30.0. The van der Waals surface area contributed by atoms with E-state index in [1.165, 1.54) is 0 Å². The summed E-state index contributed by atoms with van der Waals surface area (Å²) in [5.41, 5.74) is 3.94. The van der Waals surface area contributed by atoms with Gasteiger partial charge in [-0.25, -0.2) is 4.79 Å². The van der Waals surface area contributed by atoms with Crippen LogP contribution in [0.2, 0.25) is 5.02 Å². The van der Waals surface area contributed by atoms with Crippen LogP contribution in [0.5, 0.6) is 17.2 Å². The SMILES string of the molecule is COc1cc2c(cc1OC(C)C)[C@H](c1ccc(Cl)cc1)N(c1ccc(N(C)C[C@H]3CC[C@H](NC(=O)OC(C)(C)C)CC3)cc1OC)C(=O)C2. The summed E-state index contributed by atoms with van der Waals surface area (Å²) in [7, 11) is 5.34. The Morgan fingerprint density at radius 3 is 2.24 bits per heavy atom. The highest BCUT2D eigenvalue weighted by atomic mass is 35.5. The number of carbonyl (C=O) groups is 2. The lowest BCUT2D eigenvalue weighted by molar-refractivity contribution is -0.118. The Morgan fingerprint density at radius 2 is 1.63 bits per heavy atom. The summed E-state index contributed by atoms with van der Waals surface area (Å²) < 4.78 is 23.2. The number of hydrogen-bond acceptors (Lipinski definition) is 7. The first-order valence-electron chi connectivity index (χ1n) is 17.1. The Hall–Kier alpha value is -4.11.